The lowest BCUT2D eigenvalue weighted by Crippen LogP contribution is -2.40. The predicted octanol–water partition coefficient (Wildman–Crippen LogP) is 2.25. The molecule has 0 saturated carbocycles. The minimum atomic E-state index is 0. The molecule has 2 aliphatic heterocycles. The van der Waals surface area contributed by atoms with Gasteiger partial charge in [-0.3, -0.25) is 0 Å². The highest BCUT2D eigenvalue weighted by Crippen LogP contribution is 2.18. The number of hydrogen-bond acceptors (Lipinski definition) is 5. The standard InChI is InChI=1S/C13H15N3OS.ClH/c1-2-4-11(5-3-1)12-10-18-13(15-14-12)16-6-8-17-9-7-16;/h1-5H,6-10H2;1H. The Morgan fingerprint density at radius 2 is 1.79 bits per heavy atom. The SMILES string of the molecule is Cl.c1ccc(C2=NN=C(N3CCOCC3)SC2)cc1. The van der Waals surface area contributed by atoms with Crippen molar-refractivity contribution in [1.82, 2.24) is 4.90 Å². The lowest BCUT2D eigenvalue weighted by molar-refractivity contribution is 0.0692. The van der Waals surface area contributed by atoms with E-state index in [0.717, 1.165) is 48.5 Å². The van der Waals surface area contributed by atoms with Crippen LogP contribution in [0.3, 0.4) is 0 Å². The van der Waals surface area contributed by atoms with E-state index in [0.29, 0.717) is 0 Å². The second-order valence-corrected chi connectivity index (χ2v) is 5.13. The summed E-state index contributed by atoms with van der Waals surface area (Å²) >= 11 is 1.76. The van der Waals surface area contributed by atoms with Gasteiger partial charge in [-0.2, -0.15) is 5.10 Å². The van der Waals surface area contributed by atoms with Gasteiger partial charge in [0.05, 0.1) is 18.9 Å². The van der Waals surface area contributed by atoms with Gasteiger partial charge in [-0.25, -0.2) is 0 Å². The van der Waals surface area contributed by atoms with Crippen molar-refractivity contribution in [2.75, 3.05) is 32.1 Å². The predicted molar refractivity (Wildman–Crippen MR) is 82.5 cm³/mol. The lowest BCUT2D eigenvalue weighted by atomic mass is 10.1. The second-order valence-electron chi connectivity index (χ2n) is 4.18. The molecule has 0 unspecified atom stereocenters. The largest absolute Gasteiger partial charge is 0.378 e. The van der Waals surface area contributed by atoms with Crippen LogP contribution in [0.25, 0.3) is 0 Å². The van der Waals surface area contributed by atoms with E-state index in [-0.39, 0.29) is 12.4 Å². The second kappa shape index (κ2) is 6.93. The monoisotopic (exact) mass is 297 g/mol. The molecule has 0 aliphatic carbocycles. The number of amidine groups is 1. The molecular weight excluding hydrogens is 282 g/mol. The number of ether oxygens (including phenoxy) is 1. The van der Waals surface area contributed by atoms with E-state index in [9.17, 15) is 0 Å². The van der Waals surface area contributed by atoms with Crippen molar-refractivity contribution in [1.29, 1.82) is 0 Å². The molecule has 0 radical (unpaired) electrons. The highest BCUT2D eigenvalue weighted by Gasteiger charge is 2.19. The van der Waals surface area contributed by atoms with Crippen LogP contribution >= 0.6 is 24.2 Å². The molecule has 3 rings (SSSR count). The molecular formula is C13H16ClN3OS. The van der Waals surface area contributed by atoms with E-state index in [4.69, 9.17) is 4.74 Å². The maximum Gasteiger partial charge on any atom is 0.186 e. The highest BCUT2D eigenvalue weighted by molar-refractivity contribution is 8.14. The Kier molecular flexibility index (Phi) is 5.24. The molecule has 0 N–H and O–H groups in total. The van der Waals surface area contributed by atoms with E-state index in [1.165, 1.54) is 0 Å². The summed E-state index contributed by atoms with van der Waals surface area (Å²) in [5.74, 6) is 0.889. The molecule has 0 spiro atoms. The lowest BCUT2D eigenvalue weighted by Gasteiger charge is -2.29. The Labute approximate surface area is 123 Å². The summed E-state index contributed by atoms with van der Waals surface area (Å²) in [6.07, 6.45) is 0. The van der Waals surface area contributed by atoms with Gasteiger partial charge < -0.3 is 9.64 Å². The first-order valence-corrected chi connectivity index (χ1v) is 7.07. The Hall–Kier alpha value is -1.04. The topological polar surface area (TPSA) is 37.2 Å². The van der Waals surface area contributed by atoms with E-state index in [1.807, 2.05) is 18.2 Å². The molecule has 0 bridgehead atoms. The number of hydrogen-bond donors (Lipinski definition) is 0. The molecule has 2 heterocycles. The molecule has 1 aromatic carbocycles. The van der Waals surface area contributed by atoms with Crippen LogP contribution in [0.4, 0.5) is 0 Å². The molecule has 19 heavy (non-hydrogen) atoms. The van der Waals surface area contributed by atoms with Crippen LogP contribution in [0.5, 0.6) is 0 Å². The number of halogens is 1. The minimum absolute atomic E-state index is 0. The summed E-state index contributed by atoms with van der Waals surface area (Å²) in [7, 11) is 0. The average Bonchev–Trinajstić information content (AvgIpc) is 2.49. The number of nitrogens with zero attached hydrogens (tertiary/aromatic N) is 3. The smallest absolute Gasteiger partial charge is 0.186 e. The fourth-order valence-corrected chi connectivity index (χ4v) is 2.93. The molecule has 0 aromatic heterocycles. The van der Waals surface area contributed by atoms with Crippen molar-refractivity contribution in [3.05, 3.63) is 35.9 Å². The maximum atomic E-state index is 5.34. The van der Waals surface area contributed by atoms with Gasteiger partial charge in [-0.15, -0.1) is 17.5 Å². The van der Waals surface area contributed by atoms with Crippen LogP contribution in [0.2, 0.25) is 0 Å². The average molecular weight is 298 g/mol. The third-order valence-corrected chi connectivity index (χ3v) is 4.00. The van der Waals surface area contributed by atoms with Gasteiger partial charge in [0.25, 0.3) is 0 Å². The molecule has 1 aromatic rings. The zero-order valence-electron chi connectivity index (χ0n) is 10.5. The normalized spacial score (nSPS) is 19.3. The number of thioether (sulfide) groups is 1. The molecule has 6 heteroatoms. The summed E-state index contributed by atoms with van der Waals surface area (Å²) < 4.78 is 5.34. The van der Waals surface area contributed by atoms with Gasteiger partial charge in [0, 0.05) is 18.8 Å². The van der Waals surface area contributed by atoms with Crippen LogP contribution < -0.4 is 0 Å². The van der Waals surface area contributed by atoms with Gasteiger partial charge in [0.2, 0.25) is 0 Å². The van der Waals surface area contributed by atoms with Crippen molar-refractivity contribution < 1.29 is 4.74 Å². The number of rotatable bonds is 1. The Morgan fingerprint density at radius 3 is 2.42 bits per heavy atom. The summed E-state index contributed by atoms with van der Waals surface area (Å²) in [5.41, 5.74) is 2.22. The van der Waals surface area contributed by atoms with E-state index in [1.54, 1.807) is 11.8 Å². The summed E-state index contributed by atoms with van der Waals surface area (Å²) in [6.45, 7) is 3.41. The first-order valence-electron chi connectivity index (χ1n) is 6.09. The highest BCUT2D eigenvalue weighted by atomic mass is 35.5. The molecule has 0 atom stereocenters. The quantitative estimate of drug-likeness (QED) is 0.798. The van der Waals surface area contributed by atoms with Crippen LogP contribution in [0.1, 0.15) is 5.56 Å². The minimum Gasteiger partial charge on any atom is -0.378 e. The Balaban J connectivity index is 0.00000133. The van der Waals surface area contributed by atoms with Crippen molar-refractivity contribution in [3.63, 3.8) is 0 Å². The van der Waals surface area contributed by atoms with Crippen LogP contribution in [0.15, 0.2) is 40.5 Å². The summed E-state index contributed by atoms with van der Waals surface area (Å²) in [6, 6.07) is 10.2. The Bertz CT molecular complexity index is 472. The first kappa shape index (κ1) is 14.4. The van der Waals surface area contributed by atoms with E-state index < -0.39 is 0 Å². The maximum absolute atomic E-state index is 5.34. The molecule has 1 saturated heterocycles. The third kappa shape index (κ3) is 3.49. The number of morpholine rings is 1. The van der Waals surface area contributed by atoms with Gasteiger partial charge in [-0.1, -0.05) is 42.1 Å². The van der Waals surface area contributed by atoms with Crippen molar-refractivity contribution in [3.8, 4) is 0 Å². The molecule has 0 amide bonds. The van der Waals surface area contributed by atoms with Gasteiger partial charge in [0.15, 0.2) is 5.17 Å². The third-order valence-electron chi connectivity index (χ3n) is 2.98. The van der Waals surface area contributed by atoms with Gasteiger partial charge >= 0.3 is 0 Å². The number of benzene rings is 1. The van der Waals surface area contributed by atoms with Crippen molar-refractivity contribution >= 4 is 35.0 Å². The van der Waals surface area contributed by atoms with Crippen LogP contribution in [-0.2, 0) is 4.74 Å². The molecule has 4 nitrogen and oxygen atoms in total. The van der Waals surface area contributed by atoms with Crippen molar-refractivity contribution in [2.24, 2.45) is 10.2 Å². The zero-order valence-corrected chi connectivity index (χ0v) is 12.1. The summed E-state index contributed by atoms with van der Waals surface area (Å²) in [4.78, 5) is 2.25. The Morgan fingerprint density at radius 1 is 1.05 bits per heavy atom. The van der Waals surface area contributed by atoms with Crippen LogP contribution in [-0.4, -0.2) is 47.8 Å². The van der Waals surface area contributed by atoms with Crippen LogP contribution in [0, 0.1) is 0 Å². The van der Waals surface area contributed by atoms with Crippen molar-refractivity contribution in [2.45, 2.75) is 0 Å². The molecule has 2 aliphatic rings. The first-order chi connectivity index (χ1) is 8.93. The molecule has 1 fully saturated rings. The zero-order chi connectivity index (χ0) is 12.2. The van der Waals surface area contributed by atoms with Gasteiger partial charge in [0.1, 0.15) is 0 Å². The molecule has 102 valence electrons. The van der Waals surface area contributed by atoms with Gasteiger partial charge in [-0.05, 0) is 5.56 Å². The fourth-order valence-electron chi connectivity index (χ4n) is 1.97. The van der Waals surface area contributed by atoms with E-state index in [2.05, 4.69) is 27.2 Å². The summed E-state index contributed by atoms with van der Waals surface area (Å²) in [5, 5.41) is 9.73. The van der Waals surface area contributed by atoms with E-state index >= 15 is 0 Å². The fraction of sp³-hybridized carbons (Fsp3) is 0.385.